The van der Waals surface area contributed by atoms with Crippen LogP contribution in [0.25, 0.3) is 0 Å². The number of aliphatic hydroxyl groups excluding tert-OH is 2. The Bertz CT molecular complexity index is 1990. The van der Waals surface area contributed by atoms with Gasteiger partial charge in [0, 0.05) is 36.1 Å². The fraction of sp³-hybridized carbons (Fsp3) is 0.791. The van der Waals surface area contributed by atoms with E-state index >= 15 is 0 Å². The van der Waals surface area contributed by atoms with Crippen molar-refractivity contribution in [2.24, 2.45) is 5.41 Å². The van der Waals surface area contributed by atoms with Crippen LogP contribution in [0.3, 0.4) is 0 Å². The van der Waals surface area contributed by atoms with Gasteiger partial charge in [-0.2, -0.15) is 25.5 Å². The monoisotopic (exact) mass is 1030 g/mol. The molecule has 69 heavy (non-hydrogen) atoms. The summed E-state index contributed by atoms with van der Waals surface area (Å²) < 4.78 is 72.9. The Balaban J connectivity index is 1.48. The third kappa shape index (κ3) is 20.3. The van der Waals surface area contributed by atoms with E-state index in [0.29, 0.717) is 44.5 Å². The minimum atomic E-state index is -5.10. The molecule has 0 spiro atoms. The lowest BCUT2D eigenvalue weighted by molar-refractivity contribution is -0.155. The minimum Gasteiger partial charge on any atom is -0.456 e. The minimum absolute atomic E-state index is 0.0517. The number of Topliss-reactive ketones (excluding diaryl/α,β-unsaturated/α-hetero) is 1. The zero-order valence-electron chi connectivity index (χ0n) is 40.2. The van der Waals surface area contributed by atoms with Crippen molar-refractivity contribution in [2.45, 2.75) is 167 Å². The van der Waals surface area contributed by atoms with Crippen LogP contribution in [-0.2, 0) is 56.7 Å². The lowest BCUT2D eigenvalue weighted by Gasteiger charge is -2.33. The van der Waals surface area contributed by atoms with Gasteiger partial charge in [-0.05, 0) is 64.9 Å². The maximum Gasteiger partial charge on any atom is 0.469 e. The number of alkyl halides is 2. The molecule has 3 amide bonds. The number of hydrogen-bond donors (Lipinski definition) is 7. The number of nitrogens with zero attached hydrogens (tertiary/aromatic N) is 2. The Morgan fingerprint density at radius 3 is 2.26 bits per heavy atom. The Labute approximate surface area is 404 Å². The van der Waals surface area contributed by atoms with E-state index in [9.17, 15) is 52.3 Å². The van der Waals surface area contributed by atoms with Crippen molar-refractivity contribution in [1.82, 2.24) is 20.2 Å². The van der Waals surface area contributed by atoms with Gasteiger partial charge in [-0.15, -0.1) is 0 Å². The number of halogens is 2. The number of thioether (sulfide) groups is 1. The molecule has 2 aliphatic heterocycles. The van der Waals surface area contributed by atoms with Gasteiger partial charge in [0.15, 0.2) is 19.0 Å². The first-order chi connectivity index (χ1) is 32.1. The standard InChI is InChI=1S/C43H70F2N5O17PS/c1-8-41(6,17-13-30(51)40(3,4)5)64-22-18-42(7,9-2)63-21-16-32(52)47-28(26-69-25-27-11-10-12-35(55)66-27)37(57)46-19-14-34(54)62-24-33(53)48-31-15-20-50(39(58)49-31)38-43(44,45)36(56)29(67-38)23-65-68(59,60)61/h15,20,27-29,35-36,38,55-56H,8-14,16-19,21-26H2,1-7H3,(H,46,57)(H,47,52)(H2,59,60,61)(H,48,49,53,58)/t27?,28-,29-,35+,36-,38-,41?,42?/m1/s1. The van der Waals surface area contributed by atoms with Crippen LogP contribution in [0.4, 0.5) is 14.6 Å². The third-order valence-corrected chi connectivity index (χ3v) is 13.4. The number of hydrogen-bond acceptors (Lipinski definition) is 17. The van der Waals surface area contributed by atoms with Crippen LogP contribution >= 0.6 is 19.6 Å². The molecular weight excluding hydrogens is 960 g/mol. The molecule has 0 saturated carbocycles. The van der Waals surface area contributed by atoms with E-state index in [-0.39, 0.29) is 41.8 Å². The normalized spacial score (nSPS) is 22.7. The van der Waals surface area contributed by atoms with E-state index in [1.165, 1.54) is 11.8 Å². The predicted molar refractivity (Wildman–Crippen MR) is 245 cm³/mol. The van der Waals surface area contributed by atoms with Gasteiger partial charge in [0.05, 0.1) is 50.0 Å². The summed E-state index contributed by atoms with van der Waals surface area (Å²) in [6.45, 7) is 11.8. The molecule has 394 valence electrons. The fourth-order valence-electron chi connectivity index (χ4n) is 6.87. The number of nitrogens with one attached hydrogen (secondary N) is 3. The lowest BCUT2D eigenvalue weighted by Crippen LogP contribution is -2.49. The molecule has 1 aromatic heterocycles. The third-order valence-electron chi connectivity index (χ3n) is 11.8. The number of aromatic nitrogens is 2. The van der Waals surface area contributed by atoms with E-state index in [4.69, 9.17) is 33.5 Å². The molecule has 0 radical (unpaired) electrons. The number of ether oxygens (including phenoxy) is 5. The first-order valence-corrected chi connectivity index (χ1v) is 25.5. The van der Waals surface area contributed by atoms with Gasteiger partial charge in [-0.25, -0.2) is 9.36 Å². The van der Waals surface area contributed by atoms with Crippen molar-refractivity contribution in [1.29, 1.82) is 0 Å². The van der Waals surface area contributed by atoms with E-state index in [1.54, 1.807) is 0 Å². The summed E-state index contributed by atoms with van der Waals surface area (Å²) in [5.74, 6) is -6.77. The van der Waals surface area contributed by atoms with Crippen molar-refractivity contribution in [3.05, 3.63) is 22.7 Å². The van der Waals surface area contributed by atoms with Crippen molar-refractivity contribution >= 4 is 54.9 Å². The summed E-state index contributed by atoms with van der Waals surface area (Å²) in [6.07, 6.45) is -2.91. The van der Waals surface area contributed by atoms with Gasteiger partial charge in [-0.1, -0.05) is 34.6 Å². The molecular formula is C43H70F2N5O17PS. The first kappa shape index (κ1) is 59.8. The Morgan fingerprint density at radius 2 is 1.64 bits per heavy atom. The number of carbonyl (C=O) groups excluding carboxylic acids is 5. The number of amides is 3. The highest BCUT2D eigenvalue weighted by Gasteiger charge is 2.60. The van der Waals surface area contributed by atoms with Crippen molar-refractivity contribution in [3.63, 3.8) is 0 Å². The maximum atomic E-state index is 14.8. The molecule has 26 heteroatoms. The topological polar surface area (TPSA) is 310 Å². The summed E-state index contributed by atoms with van der Waals surface area (Å²) >= 11 is 1.34. The molecule has 0 aliphatic carbocycles. The molecule has 7 N–H and O–H groups in total. The van der Waals surface area contributed by atoms with Gasteiger partial charge < -0.3 is 59.6 Å². The number of rotatable bonds is 29. The molecule has 0 bridgehead atoms. The Hall–Kier alpha value is -3.49. The van der Waals surface area contributed by atoms with E-state index in [0.717, 1.165) is 31.5 Å². The molecule has 8 atom stereocenters. The highest BCUT2D eigenvalue weighted by atomic mass is 32.2. The SMILES string of the molecule is CCC(C)(CCOC(C)(CC)CCC(=O)C(C)(C)C)OCCC(=O)N[C@H](CSCC1CCC[C@@H](O)O1)C(=O)NCCC(=O)OCC(=O)Nc1ccn([C@@H]2O[C@H](COP(=O)(O)O)[C@@H](O)C2(F)F)c(=O)n1. The summed E-state index contributed by atoms with van der Waals surface area (Å²) in [5.41, 5.74) is -2.90. The second-order valence-corrected chi connectivity index (χ2v) is 20.8. The van der Waals surface area contributed by atoms with Crippen LogP contribution in [0, 0.1) is 5.41 Å². The van der Waals surface area contributed by atoms with E-state index < -0.39 is 116 Å². The average Bonchev–Trinajstić information content (AvgIpc) is 3.49. The largest absolute Gasteiger partial charge is 0.469 e. The number of ketones is 1. The molecule has 3 rings (SSSR count). The van der Waals surface area contributed by atoms with Crippen molar-refractivity contribution in [2.75, 3.05) is 49.8 Å². The molecule has 2 fully saturated rings. The highest BCUT2D eigenvalue weighted by molar-refractivity contribution is 7.99. The second kappa shape index (κ2) is 26.8. The smallest absolute Gasteiger partial charge is 0.456 e. The average molecular weight is 1030 g/mol. The molecule has 3 unspecified atom stereocenters. The number of phosphoric ester groups is 1. The van der Waals surface area contributed by atoms with Gasteiger partial charge in [0.25, 0.3) is 5.91 Å². The van der Waals surface area contributed by atoms with Crippen molar-refractivity contribution in [3.8, 4) is 0 Å². The van der Waals surface area contributed by atoms with Gasteiger partial charge in [0.2, 0.25) is 18.0 Å². The summed E-state index contributed by atoms with van der Waals surface area (Å²) in [6, 6.07) is -0.110. The van der Waals surface area contributed by atoms with Crippen LogP contribution in [0.1, 0.15) is 119 Å². The van der Waals surface area contributed by atoms with Gasteiger partial charge >= 0.3 is 25.4 Å². The fourth-order valence-corrected chi connectivity index (χ4v) is 8.33. The van der Waals surface area contributed by atoms with Crippen LogP contribution in [-0.4, -0.2) is 151 Å². The van der Waals surface area contributed by atoms with Crippen LogP contribution in [0.2, 0.25) is 0 Å². The quantitative estimate of drug-likeness (QED) is 0.0448. The zero-order valence-corrected chi connectivity index (χ0v) is 42.0. The van der Waals surface area contributed by atoms with E-state index in [2.05, 4.69) is 25.5 Å². The molecule has 1 aromatic rings. The number of phosphoric acid groups is 1. The zero-order chi connectivity index (χ0) is 51.8. The van der Waals surface area contributed by atoms with Crippen LogP contribution < -0.4 is 21.6 Å². The van der Waals surface area contributed by atoms with Crippen LogP contribution in [0.5, 0.6) is 0 Å². The summed E-state index contributed by atoms with van der Waals surface area (Å²) in [7, 11) is -5.10. The summed E-state index contributed by atoms with van der Waals surface area (Å²) in [4.78, 5) is 97.8. The number of aliphatic hydroxyl groups is 2. The predicted octanol–water partition coefficient (Wildman–Crippen LogP) is 2.89. The Kier molecular flexibility index (Phi) is 23.2. The maximum absolute atomic E-state index is 14.8. The molecule has 2 aliphatic rings. The van der Waals surface area contributed by atoms with Crippen molar-refractivity contribution < 1.29 is 85.5 Å². The number of anilines is 1. The second-order valence-electron chi connectivity index (χ2n) is 18.5. The first-order valence-electron chi connectivity index (χ1n) is 22.9. The Morgan fingerprint density at radius 1 is 0.971 bits per heavy atom. The number of esters is 1. The van der Waals surface area contributed by atoms with Gasteiger partial charge in [0.1, 0.15) is 23.7 Å². The molecule has 0 aromatic carbocycles. The highest BCUT2D eigenvalue weighted by Crippen LogP contribution is 2.44. The molecule has 3 heterocycles. The van der Waals surface area contributed by atoms with Gasteiger partial charge in [-0.3, -0.25) is 33.1 Å². The number of carbonyl (C=O) groups is 5. The molecule has 2 saturated heterocycles. The summed E-state index contributed by atoms with van der Waals surface area (Å²) in [5, 5.41) is 27.3. The molecule has 22 nitrogen and oxygen atoms in total. The lowest BCUT2D eigenvalue weighted by atomic mass is 9.85. The van der Waals surface area contributed by atoms with E-state index in [1.807, 2.05) is 48.5 Å². The van der Waals surface area contributed by atoms with Crippen LogP contribution in [0.15, 0.2) is 17.1 Å².